The summed E-state index contributed by atoms with van der Waals surface area (Å²) in [4.78, 5) is 22.1. The predicted molar refractivity (Wildman–Crippen MR) is 63.4 cm³/mol. The highest BCUT2D eigenvalue weighted by atomic mass is 16.6. The van der Waals surface area contributed by atoms with Crippen LogP contribution >= 0.6 is 0 Å². The maximum absolute atomic E-state index is 11.4. The first-order valence-electron chi connectivity index (χ1n) is 6.81. The smallest absolute Gasteiger partial charge is 0.303 e. The molecule has 0 aliphatic heterocycles. The molecule has 4 saturated carbocycles. The van der Waals surface area contributed by atoms with Crippen LogP contribution in [0, 0.1) is 33.8 Å². The van der Waals surface area contributed by atoms with Crippen molar-refractivity contribution in [2.75, 3.05) is 6.54 Å². The maximum atomic E-state index is 11.4. The fourth-order valence-electron chi connectivity index (χ4n) is 4.91. The van der Waals surface area contributed by atoms with Gasteiger partial charge in [0.25, 0.3) is 0 Å². The van der Waals surface area contributed by atoms with Crippen LogP contribution in [0.25, 0.3) is 0 Å². The van der Waals surface area contributed by atoms with Crippen molar-refractivity contribution in [1.29, 1.82) is 0 Å². The van der Waals surface area contributed by atoms with Crippen molar-refractivity contribution in [2.24, 2.45) is 23.7 Å². The number of esters is 1. The zero-order chi connectivity index (χ0) is 12.9. The van der Waals surface area contributed by atoms with Gasteiger partial charge in [-0.1, -0.05) is 0 Å². The lowest BCUT2D eigenvalue weighted by Crippen LogP contribution is -2.62. The Balaban J connectivity index is 1.92. The second kappa shape index (κ2) is 3.93. The number of rotatable bonds is 3. The highest BCUT2D eigenvalue weighted by Gasteiger charge is 2.62. The van der Waals surface area contributed by atoms with E-state index in [1.165, 1.54) is 13.3 Å². The molecule has 4 bridgehead atoms. The molecule has 0 aromatic rings. The molecule has 0 amide bonds. The van der Waals surface area contributed by atoms with Crippen LogP contribution < -0.4 is 0 Å². The topological polar surface area (TPSA) is 69.4 Å². The van der Waals surface area contributed by atoms with Crippen molar-refractivity contribution >= 4 is 5.97 Å². The minimum absolute atomic E-state index is 0.207. The fourth-order valence-corrected chi connectivity index (χ4v) is 4.91. The van der Waals surface area contributed by atoms with Gasteiger partial charge in [-0.2, -0.15) is 0 Å². The Kier molecular flexibility index (Phi) is 2.61. The molecule has 5 nitrogen and oxygen atoms in total. The number of nitro groups is 1. The van der Waals surface area contributed by atoms with Gasteiger partial charge < -0.3 is 4.74 Å². The average molecular weight is 253 g/mol. The summed E-state index contributed by atoms with van der Waals surface area (Å²) >= 11 is 0. The van der Waals surface area contributed by atoms with Gasteiger partial charge in [-0.15, -0.1) is 0 Å². The van der Waals surface area contributed by atoms with Crippen molar-refractivity contribution in [2.45, 2.75) is 44.6 Å². The van der Waals surface area contributed by atoms with E-state index in [0.29, 0.717) is 11.8 Å². The summed E-state index contributed by atoms with van der Waals surface area (Å²) in [7, 11) is 0. The third-order valence-corrected chi connectivity index (χ3v) is 5.23. The largest absolute Gasteiger partial charge is 0.452 e. The molecule has 0 N–H and O–H groups in total. The SMILES string of the molecule is CC(=O)OC1(C[N+](=O)[O-])C2CC3CC(C2)CC1C3. The van der Waals surface area contributed by atoms with Gasteiger partial charge in [-0.3, -0.25) is 14.9 Å². The molecule has 0 atom stereocenters. The average Bonchev–Trinajstić information content (AvgIpc) is 2.23. The Hall–Kier alpha value is -1.13. The van der Waals surface area contributed by atoms with Crippen LogP contribution in [0.3, 0.4) is 0 Å². The summed E-state index contributed by atoms with van der Waals surface area (Å²) in [5.41, 5.74) is -0.803. The van der Waals surface area contributed by atoms with Crippen LogP contribution in [-0.4, -0.2) is 23.0 Å². The quantitative estimate of drug-likeness (QED) is 0.438. The van der Waals surface area contributed by atoms with E-state index in [9.17, 15) is 14.9 Å². The van der Waals surface area contributed by atoms with Crippen molar-refractivity contribution in [1.82, 2.24) is 0 Å². The van der Waals surface area contributed by atoms with E-state index in [0.717, 1.165) is 25.7 Å². The van der Waals surface area contributed by atoms with Gasteiger partial charge >= 0.3 is 5.97 Å². The molecule has 18 heavy (non-hydrogen) atoms. The van der Waals surface area contributed by atoms with Crippen LogP contribution in [0.1, 0.15) is 39.0 Å². The molecule has 100 valence electrons. The van der Waals surface area contributed by atoms with E-state index in [4.69, 9.17) is 4.74 Å². The lowest BCUT2D eigenvalue weighted by atomic mass is 9.49. The summed E-state index contributed by atoms with van der Waals surface area (Å²) in [5.74, 6) is 1.47. The third-order valence-electron chi connectivity index (χ3n) is 5.23. The van der Waals surface area contributed by atoms with Crippen molar-refractivity contribution in [3.05, 3.63) is 10.1 Å². The number of carbonyl (C=O) groups excluding carboxylic acids is 1. The number of ether oxygens (including phenoxy) is 1. The minimum atomic E-state index is -0.803. The van der Waals surface area contributed by atoms with E-state index in [2.05, 4.69) is 0 Å². The molecule has 4 aliphatic carbocycles. The van der Waals surface area contributed by atoms with Crippen LogP contribution in [0.5, 0.6) is 0 Å². The molecule has 0 unspecified atom stereocenters. The van der Waals surface area contributed by atoms with Crippen molar-refractivity contribution in [3.8, 4) is 0 Å². The normalized spacial score (nSPS) is 44.9. The van der Waals surface area contributed by atoms with E-state index >= 15 is 0 Å². The molecule has 0 radical (unpaired) electrons. The standard InChI is InChI=1S/C13H19NO4/c1-8(15)18-13(7-14(16)17)11-3-9-2-10(5-11)6-12(13)4-9/h9-12H,2-7H2,1H3. The Labute approximate surface area is 106 Å². The molecule has 4 rings (SSSR count). The van der Waals surface area contributed by atoms with Crippen LogP contribution in [0.2, 0.25) is 0 Å². The summed E-state index contributed by atoms with van der Waals surface area (Å²) in [5, 5.41) is 11.0. The van der Waals surface area contributed by atoms with Gasteiger partial charge in [-0.05, 0) is 43.9 Å². The van der Waals surface area contributed by atoms with E-state index < -0.39 is 5.60 Å². The number of hydrogen-bond donors (Lipinski definition) is 0. The Morgan fingerprint density at radius 2 is 1.72 bits per heavy atom. The summed E-state index contributed by atoms with van der Waals surface area (Å²) < 4.78 is 5.54. The fraction of sp³-hybridized carbons (Fsp3) is 0.923. The van der Waals surface area contributed by atoms with Crippen LogP contribution in [0.15, 0.2) is 0 Å². The Morgan fingerprint density at radius 3 is 2.11 bits per heavy atom. The zero-order valence-corrected chi connectivity index (χ0v) is 10.6. The van der Waals surface area contributed by atoms with E-state index in [1.807, 2.05) is 0 Å². The highest BCUT2D eigenvalue weighted by molar-refractivity contribution is 5.66. The van der Waals surface area contributed by atoms with Gasteiger partial charge in [0, 0.05) is 23.7 Å². The predicted octanol–water partition coefficient (Wildman–Crippen LogP) is 2.02. The van der Waals surface area contributed by atoms with Gasteiger partial charge in [0.1, 0.15) is 0 Å². The summed E-state index contributed by atoms with van der Waals surface area (Å²) in [6, 6.07) is 0. The van der Waals surface area contributed by atoms with E-state index in [-0.39, 0.29) is 29.3 Å². The maximum Gasteiger partial charge on any atom is 0.303 e. The molecule has 0 aromatic carbocycles. The lowest BCUT2D eigenvalue weighted by Gasteiger charge is -2.58. The molecule has 0 saturated heterocycles. The first-order chi connectivity index (χ1) is 8.49. The van der Waals surface area contributed by atoms with Gasteiger partial charge in [0.15, 0.2) is 5.60 Å². The molecule has 0 aromatic heterocycles. The zero-order valence-electron chi connectivity index (χ0n) is 10.6. The van der Waals surface area contributed by atoms with Gasteiger partial charge in [-0.25, -0.2) is 0 Å². The number of hydrogen-bond acceptors (Lipinski definition) is 4. The monoisotopic (exact) mass is 253 g/mol. The summed E-state index contributed by atoms with van der Waals surface area (Å²) in [6.45, 7) is 1.16. The van der Waals surface area contributed by atoms with Crippen LogP contribution in [0.4, 0.5) is 0 Å². The third kappa shape index (κ3) is 1.71. The lowest BCUT2D eigenvalue weighted by molar-refractivity contribution is -0.510. The molecular weight excluding hydrogens is 234 g/mol. The molecule has 5 heteroatoms. The first kappa shape index (κ1) is 11.9. The molecule has 0 spiro atoms. The second-order valence-electron chi connectivity index (χ2n) is 6.34. The second-order valence-corrected chi connectivity index (χ2v) is 6.34. The highest BCUT2D eigenvalue weighted by Crippen LogP contribution is 2.59. The van der Waals surface area contributed by atoms with Crippen LogP contribution in [-0.2, 0) is 9.53 Å². The number of carbonyl (C=O) groups is 1. The van der Waals surface area contributed by atoms with Gasteiger partial charge in [0.05, 0.1) is 0 Å². The minimum Gasteiger partial charge on any atom is -0.452 e. The molecule has 4 aliphatic rings. The number of nitrogens with zero attached hydrogens (tertiary/aromatic N) is 1. The Bertz CT molecular complexity index is 346. The van der Waals surface area contributed by atoms with Gasteiger partial charge in [0.2, 0.25) is 6.54 Å². The first-order valence-corrected chi connectivity index (χ1v) is 6.81. The summed E-state index contributed by atoms with van der Waals surface area (Å²) in [6.07, 6.45) is 5.31. The van der Waals surface area contributed by atoms with Crippen molar-refractivity contribution in [3.63, 3.8) is 0 Å². The van der Waals surface area contributed by atoms with E-state index in [1.54, 1.807) is 0 Å². The Morgan fingerprint density at radius 1 is 1.22 bits per heavy atom. The molecule has 4 fully saturated rings. The van der Waals surface area contributed by atoms with Crippen molar-refractivity contribution < 1.29 is 14.5 Å². The molecule has 0 heterocycles. The molecular formula is C13H19NO4.